The number of nitrogens with two attached hydrogens (primary N) is 1. The first-order chi connectivity index (χ1) is 9.43. The minimum atomic E-state index is -1.21. The smallest absolute Gasteiger partial charge is 0.326 e. The monoisotopic (exact) mass is 301 g/mol. The maximum atomic E-state index is 11.8. The van der Waals surface area contributed by atoms with Gasteiger partial charge in [-0.25, -0.2) is 9.78 Å². The Bertz CT molecular complexity index is 502. The van der Waals surface area contributed by atoms with Crippen molar-refractivity contribution in [3.63, 3.8) is 0 Å². The fourth-order valence-corrected chi connectivity index (χ4v) is 2.11. The molecule has 1 rings (SSSR count). The number of carbonyl (C=O) groups excluding carboxylic acids is 1. The van der Waals surface area contributed by atoms with Crippen LogP contribution < -0.4 is 11.1 Å². The Morgan fingerprint density at radius 2 is 2.10 bits per heavy atom. The van der Waals surface area contributed by atoms with E-state index in [1.165, 1.54) is 16.7 Å². The van der Waals surface area contributed by atoms with E-state index in [2.05, 4.69) is 10.3 Å². The van der Waals surface area contributed by atoms with Crippen molar-refractivity contribution in [1.82, 2.24) is 10.3 Å². The highest BCUT2D eigenvalue weighted by molar-refractivity contribution is 7.09. The number of hydrogen-bond donors (Lipinski definition) is 4. The van der Waals surface area contributed by atoms with Crippen LogP contribution in [0.4, 0.5) is 0 Å². The maximum Gasteiger partial charge on any atom is 0.326 e. The zero-order valence-electron chi connectivity index (χ0n) is 10.5. The molecule has 1 aromatic rings. The summed E-state index contributed by atoms with van der Waals surface area (Å²) >= 11 is 1.21. The minimum Gasteiger partial charge on any atom is -0.481 e. The van der Waals surface area contributed by atoms with Crippen LogP contribution in [0.5, 0.6) is 0 Å². The summed E-state index contributed by atoms with van der Waals surface area (Å²) in [4.78, 5) is 37.1. The van der Waals surface area contributed by atoms with E-state index in [1.54, 1.807) is 0 Å². The van der Waals surface area contributed by atoms with Gasteiger partial charge >= 0.3 is 11.9 Å². The second-order valence-electron chi connectivity index (χ2n) is 3.98. The van der Waals surface area contributed by atoms with Gasteiger partial charge in [0, 0.05) is 18.3 Å². The Balaban J connectivity index is 2.58. The van der Waals surface area contributed by atoms with Crippen molar-refractivity contribution < 1.29 is 24.6 Å². The van der Waals surface area contributed by atoms with Crippen LogP contribution in [0.3, 0.4) is 0 Å². The third-order valence-electron chi connectivity index (χ3n) is 2.45. The molecule has 110 valence electrons. The van der Waals surface area contributed by atoms with E-state index in [-0.39, 0.29) is 31.5 Å². The van der Waals surface area contributed by atoms with Crippen molar-refractivity contribution in [3.8, 4) is 0 Å². The topological polar surface area (TPSA) is 143 Å². The molecule has 9 heteroatoms. The first-order valence-electron chi connectivity index (χ1n) is 5.84. The Kier molecular flexibility index (Phi) is 6.07. The van der Waals surface area contributed by atoms with Crippen molar-refractivity contribution in [1.29, 1.82) is 0 Å². The molecule has 8 nitrogen and oxygen atoms in total. The van der Waals surface area contributed by atoms with Crippen LogP contribution in [0.15, 0.2) is 5.38 Å². The number of amides is 1. The Labute approximate surface area is 118 Å². The molecule has 0 aliphatic heterocycles. The highest BCUT2D eigenvalue weighted by Crippen LogP contribution is 2.10. The molecular formula is C11H15N3O5S. The molecule has 20 heavy (non-hydrogen) atoms. The van der Waals surface area contributed by atoms with Gasteiger partial charge in [0.05, 0.1) is 0 Å². The van der Waals surface area contributed by atoms with Gasteiger partial charge in [0.15, 0.2) is 0 Å². The number of nitrogens with one attached hydrogen (secondary N) is 1. The van der Waals surface area contributed by atoms with E-state index >= 15 is 0 Å². The van der Waals surface area contributed by atoms with Gasteiger partial charge in [0.1, 0.15) is 16.7 Å². The van der Waals surface area contributed by atoms with E-state index in [9.17, 15) is 14.4 Å². The van der Waals surface area contributed by atoms with Crippen molar-refractivity contribution >= 4 is 29.2 Å². The van der Waals surface area contributed by atoms with Crippen LogP contribution in [0, 0.1) is 0 Å². The first-order valence-corrected chi connectivity index (χ1v) is 6.72. The maximum absolute atomic E-state index is 11.8. The predicted octanol–water partition coefficient (Wildman–Crippen LogP) is 0.0397. The largest absolute Gasteiger partial charge is 0.481 e. The molecule has 0 aliphatic carbocycles. The van der Waals surface area contributed by atoms with Gasteiger partial charge in [0.25, 0.3) is 5.91 Å². The van der Waals surface area contributed by atoms with Gasteiger partial charge in [-0.2, -0.15) is 0 Å². The minimum absolute atomic E-state index is 0.0429. The summed E-state index contributed by atoms with van der Waals surface area (Å²) in [5.74, 6) is -2.82. The molecule has 0 unspecified atom stereocenters. The predicted molar refractivity (Wildman–Crippen MR) is 70.4 cm³/mol. The summed E-state index contributed by atoms with van der Waals surface area (Å²) < 4.78 is 0. The van der Waals surface area contributed by atoms with Gasteiger partial charge in [-0.1, -0.05) is 0 Å². The van der Waals surface area contributed by atoms with Crippen LogP contribution in [-0.4, -0.2) is 39.1 Å². The molecule has 0 saturated heterocycles. The van der Waals surface area contributed by atoms with Gasteiger partial charge in [-0.15, -0.1) is 11.3 Å². The van der Waals surface area contributed by atoms with Crippen molar-refractivity contribution in [3.05, 3.63) is 16.1 Å². The third kappa shape index (κ3) is 4.94. The fraction of sp³-hybridized carbons (Fsp3) is 0.455. The average molecular weight is 301 g/mol. The lowest BCUT2D eigenvalue weighted by Crippen LogP contribution is -2.41. The van der Waals surface area contributed by atoms with Crippen molar-refractivity contribution in [2.24, 2.45) is 5.73 Å². The van der Waals surface area contributed by atoms with Crippen molar-refractivity contribution in [2.45, 2.75) is 31.8 Å². The van der Waals surface area contributed by atoms with Gasteiger partial charge in [0.2, 0.25) is 0 Å². The van der Waals surface area contributed by atoms with E-state index < -0.39 is 23.9 Å². The Hall–Kier alpha value is -2.00. The molecule has 1 amide bonds. The Morgan fingerprint density at radius 3 is 2.60 bits per heavy atom. The molecule has 1 heterocycles. The fourth-order valence-electron chi connectivity index (χ4n) is 1.46. The zero-order valence-corrected chi connectivity index (χ0v) is 11.4. The van der Waals surface area contributed by atoms with Crippen LogP contribution in [0.25, 0.3) is 0 Å². The zero-order chi connectivity index (χ0) is 15.1. The Morgan fingerprint density at radius 1 is 1.40 bits per heavy atom. The highest BCUT2D eigenvalue weighted by atomic mass is 32.1. The molecule has 5 N–H and O–H groups in total. The summed E-state index contributed by atoms with van der Waals surface area (Å²) in [5.41, 5.74) is 5.48. The van der Waals surface area contributed by atoms with E-state index in [1.807, 2.05) is 0 Å². The number of aromatic nitrogens is 1. The van der Waals surface area contributed by atoms with Crippen LogP contribution in [0.2, 0.25) is 0 Å². The highest BCUT2D eigenvalue weighted by Gasteiger charge is 2.21. The number of aliphatic carboxylic acids is 2. The SMILES string of the molecule is NCc1nc(C(=O)N[C@H](CCCC(=O)O)C(=O)O)cs1. The molecule has 0 spiro atoms. The van der Waals surface area contributed by atoms with Gasteiger partial charge in [-0.05, 0) is 12.8 Å². The van der Waals surface area contributed by atoms with Crippen molar-refractivity contribution in [2.75, 3.05) is 0 Å². The van der Waals surface area contributed by atoms with E-state index in [0.29, 0.717) is 5.01 Å². The van der Waals surface area contributed by atoms with Crippen LogP contribution in [-0.2, 0) is 16.1 Å². The van der Waals surface area contributed by atoms with Crippen LogP contribution >= 0.6 is 11.3 Å². The summed E-state index contributed by atoms with van der Waals surface area (Å²) in [5, 5.41) is 21.9. The first kappa shape index (κ1) is 16.1. The molecular weight excluding hydrogens is 286 g/mol. The summed E-state index contributed by atoms with van der Waals surface area (Å²) in [6.07, 6.45) is 0.0621. The number of carbonyl (C=O) groups is 3. The second kappa shape index (κ2) is 7.56. The standard InChI is InChI=1S/C11H15N3O5S/c12-4-8-13-7(5-20-8)10(17)14-6(11(18)19)2-1-3-9(15)16/h5-6H,1-4,12H2,(H,14,17)(H,15,16)(H,18,19)/t6-/m1/s1. The molecule has 0 fully saturated rings. The average Bonchev–Trinajstić information content (AvgIpc) is 2.85. The number of nitrogens with zero attached hydrogens (tertiary/aromatic N) is 1. The van der Waals surface area contributed by atoms with E-state index in [0.717, 1.165) is 0 Å². The van der Waals surface area contributed by atoms with Crippen LogP contribution in [0.1, 0.15) is 34.8 Å². The summed E-state index contributed by atoms with van der Waals surface area (Å²) in [6.45, 7) is 0.207. The third-order valence-corrected chi connectivity index (χ3v) is 3.32. The quantitative estimate of drug-likeness (QED) is 0.530. The summed E-state index contributed by atoms with van der Waals surface area (Å²) in [7, 11) is 0. The normalized spacial score (nSPS) is 11.8. The van der Waals surface area contributed by atoms with E-state index in [4.69, 9.17) is 15.9 Å². The second-order valence-corrected chi connectivity index (χ2v) is 4.92. The molecule has 0 aliphatic rings. The molecule has 1 aromatic heterocycles. The van der Waals surface area contributed by atoms with Gasteiger partial charge < -0.3 is 21.3 Å². The number of hydrogen-bond acceptors (Lipinski definition) is 6. The lowest BCUT2D eigenvalue weighted by molar-refractivity contribution is -0.140. The number of carboxylic acid groups (broad SMARTS) is 2. The number of thiazole rings is 1. The molecule has 1 atom stereocenters. The molecule has 0 bridgehead atoms. The number of carboxylic acids is 2. The summed E-state index contributed by atoms with van der Waals surface area (Å²) in [6, 6.07) is -1.13. The van der Waals surface area contributed by atoms with Gasteiger partial charge in [-0.3, -0.25) is 9.59 Å². The molecule has 0 aromatic carbocycles. The lowest BCUT2D eigenvalue weighted by Gasteiger charge is -2.12. The number of rotatable bonds is 8. The molecule has 0 saturated carbocycles. The lowest BCUT2D eigenvalue weighted by atomic mass is 10.1. The molecule has 0 radical (unpaired) electrons.